The van der Waals surface area contributed by atoms with Gasteiger partial charge >= 0.3 is 0 Å². The molecule has 1 heteroatoms. The largest absolute Gasteiger partial charge is 0.456 e. The Bertz CT molecular complexity index is 3130. The van der Waals surface area contributed by atoms with Gasteiger partial charge in [0.05, 0.1) is 17.8 Å². The van der Waals surface area contributed by atoms with Crippen LogP contribution in [0, 0.1) is 0 Å². The number of rotatable bonds is 3. The highest BCUT2D eigenvalue weighted by molar-refractivity contribution is 6.24. The first-order chi connectivity index (χ1) is 26.7. The molecule has 0 bridgehead atoms. The molecule has 1 nitrogen and oxygen atoms in total. The van der Waals surface area contributed by atoms with Crippen LogP contribution >= 0.6 is 0 Å². The van der Waals surface area contributed by atoms with Crippen molar-refractivity contribution in [3.05, 3.63) is 157 Å². The number of hydrogen-bond donors (Lipinski definition) is 0. The molecule has 0 unspecified atom stereocenters. The Balaban J connectivity index is 1.49. The first-order valence-corrected chi connectivity index (χ1v) is 13.7. The predicted molar refractivity (Wildman–Crippen MR) is 183 cm³/mol. The molecule has 0 aliphatic rings. The predicted octanol–water partition coefficient (Wildman–Crippen LogP) is 12.0. The summed E-state index contributed by atoms with van der Waals surface area (Å²) in [5, 5.41) is 2.48. The van der Waals surface area contributed by atoms with Crippen molar-refractivity contribution in [2.24, 2.45) is 0 Å². The molecule has 0 saturated heterocycles. The van der Waals surface area contributed by atoms with Gasteiger partial charge in [0.2, 0.25) is 0 Å². The van der Waals surface area contributed by atoms with Gasteiger partial charge < -0.3 is 4.42 Å². The Labute approximate surface area is 267 Å². The standard InChI is InChI=1S/C42H26O/c1-2-12-27(13-3-1)41-33-17-6-8-19-35(33)42(36-20-9-7-18-34(36)41)37-24-23-29(30-14-4-5-15-31(30)37)28-22-25-40-38(26-28)32-16-10-11-21-39(32)43-40/h1-26H/i1D,2D,3D,6D,7D,8D,9D,12D,13D,17D,18D,19D,20D. The zero-order valence-corrected chi connectivity index (χ0v) is 22.4. The van der Waals surface area contributed by atoms with Crippen LogP contribution in [0.3, 0.4) is 0 Å². The van der Waals surface area contributed by atoms with Crippen LogP contribution in [0.15, 0.2) is 162 Å². The minimum atomic E-state index is -0.712. The quantitative estimate of drug-likeness (QED) is 0.196. The van der Waals surface area contributed by atoms with Crippen LogP contribution in [-0.4, -0.2) is 0 Å². The zero-order chi connectivity index (χ0) is 39.6. The lowest BCUT2D eigenvalue weighted by atomic mass is 9.84. The molecule has 43 heavy (non-hydrogen) atoms. The van der Waals surface area contributed by atoms with E-state index in [2.05, 4.69) is 0 Å². The molecular weight excluding hydrogens is 520 g/mol. The van der Waals surface area contributed by atoms with Crippen molar-refractivity contribution in [3.8, 4) is 33.4 Å². The minimum Gasteiger partial charge on any atom is -0.456 e. The van der Waals surface area contributed by atoms with Crippen LogP contribution in [0.4, 0.5) is 0 Å². The van der Waals surface area contributed by atoms with Crippen LogP contribution < -0.4 is 0 Å². The van der Waals surface area contributed by atoms with Gasteiger partial charge in [-0.1, -0.05) is 139 Å². The van der Waals surface area contributed by atoms with Gasteiger partial charge in [0, 0.05) is 10.8 Å². The Morgan fingerprint density at radius 1 is 0.372 bits per heavy atom. The van der Waals surface area contributed by atoms with Crippen molar-refractivity contribution in [1.82, 2.24) is 0 Å². The summed E-state index contributed by atoms with van der Waals surface area (Å²) in [6, 6.07) is 16.3. The SMILES string of the molecule is [2H]c1c([2H])c([2H])c(-c2c3c([2H])c([2H])c([2H])c([2H])c3c(-c3ccc(-c4ccc5oc6ccccc6c5c4)c4ccccc34)c3c([2H])c([2H])c([2H])c([2H])c23)c([2H])c1[2H]. The number of benzene rings is 8. The lowest BCUT2D eigenvalue weighted by Crippen LogP contribution is -1.92. The normalized spacial score (nSPS) is 16.0. The molecule has 0 amide bonds. The van der Waals surface area contributed by atoms with Crippen LogP contribution in [0.2, 0.25) is 0 Å². The fourth-order valence-corrected chi connectivity index (χ4v) is 6.18. The molecule has 0 spiro atoms. The van der Waals surface area contributed by atoms with E-state index in [1.807, 2.05) is 66.7 Å². The molecule has 1 heterocycles. The van der Waals surface area contributed by atoms with Crippen molar-refractivity contribution in [3.63, 3.8) is 0 Å². The molecule has 1 aromatic heterocycles. The smallest absolute Gasteiger partial charge is 0.135 e. The third-order valence-electron chi connectivity index (χ3n) is 8.01. The van der Waals surface area contributed by atoms with E-state index >= 15 is 0 Å². The summed E-state index contributed by atoms with van der Waals surface area (Å²) >= 11 is 0. The number of para-hydroxylation sites is 1. The second kappa shape index (κ2) is 9.44. The number of fused-ring (bicyclic) bond motifs is 6. The summed E-state index contributed by atoms with van der Waals surface area (Å²) in [5.74, 6) is 0. The molecule has 0 aliphatic carbocycles. The molecule has 0 aliphatic heterocycles. The number of furan rings is 1. The highest BCUT2D eigenvalue weighted by Gasteiger charge is 2.19. The third kappa shape index (κ3) is 3.65. The van der Waals surface area contributed by atoms with Gasteiger partial charge in [0.1, 0.15) is 11.2 Å². The van der Waals surface area contributed by atoms with E-state index in [1.165, 1.54) is 0 Å². The zero-order valence-electron chi connectivity index (χ0n) is 35.4. The molecule has 0 N–H and O–H groups in total. The molecule has 0 atom stereocenters. The van der Waals surface area contributed by atoms with E-state index in [1.54, 1.807) is 12.1 Å². The van der Waals surface area contributed by atoms with Crippen molar-refractivity contribution >= 4 is 54.3 Å². The molecule has 9 aromatic rings. The average molecular weight is 560 g/mol. The summed E-state index contributed by atoms with van der Waals surface area (Å²) in [5.41, 5.74) is 2.88. The lowest BCUT2D eigenvalue weighted by molar-refractivity contribution is 0.669. The van der Waals surface area contributed by atoms with Crippen molar-refractivity contribution in [2.75, 3.05) is 0 Å². The highest BCUT2D eigenvalue weighted by Crippen LogP contribution is 2.46. The van der Waals surface area contributed by atoms with Gasteiger partial charge in [-0.05, 0) is 83.9 Å². The van der Waals surface area contributed by atoms with E-state index in [0.29, 0.717) is 10.9 Å². The van der Waals surface area contributed by atoms with Gasteiger partial charge in [-0.2, -0.15) is 0 Å². The topological polar surface area (TPSA) is 13.1 Å². The van der Waals surface area contributed by atoms with E-state index in [9.17, 15) is 5.48 Å². The van der Waals surface area contributed by atoms with E-state index in [0.717, 1.165) is 38.5 Å². The lowest BCUT2D eigenvalue weighted by Gasteiger charge is -2.19. The van der Waals surface area contributed by atoms with E-state index in [4.69, 9.17) is 16.8 Å². The molecule has 8 aromatic carbocycles. The maximum absolute atomic E-state index is 9.32. The summed E-state index contributed by atoms with van der Waals surface area (Å²) in [4.78, 5) is 0. The Morgan fingerprint density at radius 3 is 1.60 bits per heavy atom. The molecule has 9 rings (SSSR count). The second-order valence-corrected chi connectivity index (χ2v) is 10.3. The van der Waals surface area contributed by atoms with Gasteiger partial charge in [0.25, 0.3) is 0 Å². The second-order valence-electron chi connectivity index (χ2n) is 10.3. The summed E-state index contributed by atoms with van der Waals surface area (Å²) in [7, 11) is 0. The molecular formula is C42H26O. The average Bonchev–Trinajstić information content (AvgIpc) is 3.59. The van der Waals surface area contributed by atoms with E-state index < -0.39 is 84.1 Å². The van der Waals surface area contributed by atoms with E-state index in [-0.39, 0.29) is 32.7 Å². The Kier molecular flexibility index (Phi) is 3.18. The van der Waals surface area contributed by atoms with Gasteiger partial charge in [-0.15, -0.1) is 0 Å². The van der Waals surface area contributed by atoms with Crippen molar-refractivity contribution in [2.45, 2.75) is 0 Å². The number of hydrogen-bond acceptors (Lipinski definition) is 1. The van der Waals surface area contributed by atoms with Crippen LogP contribution in [0.5, 0.6) is 0 Å². The fourth-order valence-electron chi connectivity index (χ4n) is 6.18. The molecule has 200 valence electrons. The van der Waals surface area contributed by atoms with Gasteiger partial charge in [0.15, 0.2) is 0 Å². The molecule has 0 fully saturated rings. The maximum atomic E-state index is 9.32. The monoisotopic (exact) mass is 559 g/mol. The first-order valence-electron chi connectivity index (χ1n) is 20.2. The van der Waals surface area contributed by atoms with Gasteiger partial charge in [-0.25, -0.2) is 0 Å². The maximum Gasteiger partial charge on any atom is 0.135 e. The van der Waals surface area contributed by atoms with Crippen LogP contribution in [0.1, 0.15) is 17.8 Å². The molecule has 0 saturated carbocycles. The third-order valence-corrected chi connectivity index (χ3v) is 8.01. The van der Waals surface area contributed by atoms with Gasteiger partial charge in [-0.3, -0.25) is 0 Å². The molecule has 0 radical (unpaired) electrons. The fraction of sp³-hybridized carbons (Fsp3) is 0. The van der Waals surface area contributed by atoms with Crippen LogP contribution in [0.25, 0.3) is 87.6 Å². The summed E-state index contributed by atoms with van der Waals surface area (Å²) < 4.78 is 121. The Morgan fingerprint density at radius 2 is 0.907 bits per heavy atom. The van der Waals surface area contributed by atoms with Crippen molar-refractivity contribution in [1.29, 1.82) is 0 Å². The minimum absolute atomic E-state index is 0.0872. The van der Waals surface area contributed by atoms with Crippen molar-refractivity contribution < 1.29 is 22.2 Å². The van der Waals surface area contributed by atoms with Crippen LogP contribution in [-0.2, 0) is 0 Å². The summed E-state index contributed by atoms with van der Waals surface area (Å²) in [6.07, 6.45) is 0. The first kappa shape index (κ1) is 14.5. The Hall–Kier alpha value is -5.66. The highest BCUT2D eigenvalue weighted by atomic mass is 16.3. The summed E-state index contributed by atoms with van der Waals surface area (Å²) in [6.45, 7) is 0.